The van der Waals surface area contributed by atoms with Gasteiger partial charge in [-0.3, -0.25) is 25.2 Å². The van der Waals surface area contributed by atoms with Gasteiger partial charge in [-0.1, -0.05) is 85.8 Å². The molecule has 10 aromatic rings. The summed E-state index contributed by atoms with van der Waals surface area (Å²) in [4.78, 5) is 20.3. The number of likely N-dealkylation sites (tertiary alicyclic amines) is 1. The van der Waals surface area contributed by atoms with Crippen LogP contribution in [0.3, 0.4) is 0 Å². The molecule has 0 saturated carbocycles. The standard InChI is InChI=1S/C18H20N4O2S.C17H18N4O2S.C14H20N4O2S.C14H17N3O/c23-25(24,14-15-5-2-1-3-6-15)22-11-9-21(10-12-22)18-8-4-7-17-16(18)13-19-20-17;22-24(23,14-5-2-1-3-6-14)21-11-9-20(10-12-21)17-8-4-7-16-15(17)13-18-19-16;1-2-10-21(19,20)18-8-6-17(7-9-18)14-5-3-4-13-12(14)11-15-16-13;1-10(18)17-7-5-11(6-8-17)12-3-2-4-14-13(12)9-15-16-14/h1-8,13H,9-12,14H2,(H,19,20);1-8,13H,9-12H2,(H,18,19);3-5,11H,2,6-10H2,1H3,(H,15,16);2-4,9,11H,5-8H2,1H3,(H,15,16). The van der Waals surface area contributed by atoms with Crippen LogP contribution in [0.25, 0.3) is 43.6 Å². The predicted octanol–water partition coefficient (Wildman–Crippen LogP) is 8.00. The molecule has 4 aliphatic rings. The van der Waals surface area contributed by atoms with Gasteiger partial charge in [0.05, 0.1) is 63.3 Å². The smallest absolute Gasteiger partial charge is 0.243 e. The maximum absolute atomic E-state index is 12.7. The van der Waals surface area contributed by atoms with E-state index < -0.39 is 30.1 Å². The van der Waals surface area contributed by atoms with Gasteiger partial charge in [-0.2, -0.15) is 33.3 Å². The summed E-state index contributed by atoms with van der Waals surface area (Å²) in [6.45, 7) is 12.5. The summed E-state index contributed by atoms with van der Waals surface area (Å²) in [6.07, 6.45) is 10.1. The SMILES string of the molecule is CC(=O)N1CCC(c2cccc3[nH]ncc23)CC1.CCCS(=O)(=O)N1CCN(c2cccc3[nH]ncc23)CC1.O=S(=O)(Cc1ccccc1)N1CCN(c2cccc3[nH]ncc23)CC1.O=S(=O)(c1ccccc1)N1CCN(c2cccc3[nH]ncc23)CC1. The van der Waals surface area contributed by atoms with E-state index in [9.17, 15) is 30.0 Å². The van der Waals surface area contributed by atoms with Gasteiger partial charge in [0.15, 0.2) is 0 Å². The quantitative estimate of drug-likeness (QED) is 0.0904. The second-order valence-corrected chi connectivity index (χ2v) is 28.3. The number of fused-ring (bicyclic) bond motifs is 4. The Hall–Kier alpha value is -8.20. The summed E-state index contributed by atoms with van der Waals surface area (Å²) in [5.41, 5.74) is 9.61. The van der Waals surface area contributed by atoms with Crippen LogP contribution in [-0.4, -0.2) is 187 Å². The van der Waals surface area contributed by atoms with Crippen LogP contribution in [-0.2, 0) is 40.6 Å². The third-order valence-electron chi connectivity index (χ3n) is 16.8. The van der Waals surface area contributed by atoms with E-state index in [-0.39, 0.29) is 17.4 Å². The van der Waals surface area contributed by atoms with Crippen molar-refractivity contribution in [3.8, 4) is 0 Å². The van der Waals surface area contributed by atoms with Crippen molar-refractivity contribution in [2.24, 2.45) is 0 Å². The summed E-state index contributed by atoms with van der Waals surface area (Å²) in [6, 6.07) is 42.4. The van der Waals surface area contributed by atoms with Gasteiger partial charge in [0.25, 0.3) is 0 Å². The van der Waals surface area contributed by atoms with Crippen LogP contribution >= 0.6 is 0 Å². The molecule has 0 atom stereocenters. The van der Waals surface area contributed by atoms with Gasteiger partial charge in [0, 0.05) is 137 Å². The fourth-order valence-corrected chi connectivity index (χ4v) is 16.6. The summed E-state index contributed by atoms with van der Waals surface area (Å²) in [5.74, 6) is 1.03. The summed E-state index contributed by atoms with van der Waals surface area (Å²) in [7, 11) is -9.78. The molecule has 0 radical (unpaired) electrons. The number of H-pyrrole nitrogens is 4. The lowest BCUT2D eigenvalue weighted by molar-refractivity contribution is -0.129. The van der Waals surface area contributed by atoms with E-state index in [1.54, 1.807) is 44.1 Å². The number of aromatic amines is 4. The number of aromatic nitrogens is 8. The minimum Gasteiger partial charge on any atom is -0.368 e. The van der Waals surface area contributed by atoms with E-state index in [1.807, 2.05) is 109 Å². The number of benzene rings is 6. The molecule has 462 valence electrons. The number of anilines is 3. The van der Waals surface area contributed by atoms with Crippen molar-refractivity contribution in [3.63, 3.8) is 0 Å². The molecule has 4 aromatic heterocycles. The van der Waals surface area contributed by atoms with Crippen molar-refractivity contribution in [1.29, 1.82) is 0 Å². The number of carbonyl (C=O) groups excluding carboxylic acids is 1. The number of rotatable bonds is 12. The molecule has 0 bridgehead atoms. The highest BCUT2D eigenvalue weighted by molar-refractivity contribution is 7.89. The Morgan fingerprint density at radius 3 is 1.26 bits per heavy atom. The van der Waals surface area contributed by atoms with Crippen LogP contribution in [0, 0.1) is 0 Å². The highest BCUT2D eigenvalue weighted by Gasteiger charge is 2.31. The van der Waals surface area contributed by atoms with Crippen molar-refractivity contribution in [2.45, 2.75) is 49.7 Å². The van der Waals surface area contributed by atoms with Crippen molar-refractivity contribution in [2.75, 3.05) is 112 Å². The minimum atomic E-state index is -3.41. The van der Waals surface area contributed by atoms with E-state index in [0.717, 1.165) is 86.8 Å². The summed E-state index contributed by atoms with van der Waals surface area (Å²) >= 11 is 0. The third kappa shape index (κ3) is 14.0. The van der Waals surface area contributed by atoms with Gasteiger partial charge >= 0.3 is 0 Å². The lowest BCUT2D eigenvalue weighted by Gasteiger charge is -2.35. The van der Waals surface area contributed by atoms with Gasteiger partial charge in [0.1, 0.15) is 0 Å². The highest BCUT2D eigenvalue weighted by atomic mass is 32.2. The predicted molar refractivity (Wildman–Crippen MR) is 347 cm³/mol. The van der Waals surface area contributed by atoms with Crippen molar-refractivity contribution >= 4 is 96.7 Å². The molecule has 14 rings (SSSR count). The van der Waals surface area contributed by atoms with Gasteiger partial charge in [0.2, 0.25) is 36.0 Å². The molecule has 88 heavy (non-hydrogen) atoms. The molecule has 6 aromatic carbocycles. The summed E-state index contributed by atoms with van der Waals surface area (Å²) < 4.78 is 79.7. The number of hydrogen-bond acceptors (Lipinski definition) is 14. The molecule has 4 N–H and O–H groups in total. The normalized spacial score (nSPS) is 16.9. The van der Waals surface area contributed by atoms with Crippen molar-refractivity contribution in [3.05, 3.63) is 169 Å². The topological polar surface area (TPSA) is 257 Å². The second kappa shape index (κ2) is 27.5. The fourth-order valence-electron chi connectivity index (χ4n) is 12.1. The Morgan fingerprint density at radius 1 is 0.443 bits per heavy atom. The zero-order valence-electron chi connectivity index (χ0n) is 49.5. The number of nitrogens with one attached hydrogen (secondary N) is 4. The van der Waals surface area contributed by atoms with Crippen LogP contribution in [0.15, 0.2) is 163 Å². The van der Waals surface area contributed by atoms with Crippen molar-refractivity contribution in [1.82, 2.24) is 58.6 Å². The number of sulfonamides is 3. The zero-order valence-corrected chi connectivity index (χ0v) is 52.0. The molecule has 8 heterocycles. The number of piperidine rings is 1. The molecule has 4 fully saturated rings. The third-order valence-corrected chi connectivity index (χ3v) is 22.7. The van der Waals surface area contributed by atoms with E-state index in [4.69, 9.17) is 0 Å². The molecule has 0 aliphatic carbocycles. The van der Waals surface area contributed by atoms with Gasteiger partial charge < -0.3 is 19.6 Å². The largest absolute Gasteiger partial charge is 0.368 e. The number of amides is 1. The Morgan fingerprint density at radius 2 is 0.830 bits per heavy atom. The van der Waals surface area contributed by atoms with Crippen molar-refractivity contribution < 1.29 is 30.0 Å². The Bertz CT molecular complexity index is 4280. The molecular weight excluding hydrogens is 1170 g/mol. The first kappa shape index (κ1) is 61.4. The van der Waals surface area contributed by atoms with E-state index in [2.05, 4.69) is 91.9 Å². The average Bonchev–Trinajstić information content (AvgIpc) is 4.63. The zero-order chi connectivity index (χ0) is 61.3. The maximum Gasteiger partial charge on any atom is 0.243 e. The van der Waals surface area contributed by atoms with Crippen LogP contribution in [0.5, 0.6) is 0 Å². The monoisotopic (exact) mass is 1250 g/mol. The molecule has 1 amide bonds. The van der Waals surface area contributed by atoms with E-state index >= 15 is 0 Å². The first-order valence-corrected chi connectivity index (χ1v) is 34.6. The van der Waals surface area contributed by atoms with Gasteiger partial charge in [-0.05, 0) is 90.9 Å². The highest BCUT2D eigenvalue weighted by Crippen LogP contribution is 2.34. The summed E-state index contributed by atoms with van der Waals surface area (Å²) in [5, 5.41) is 32.8. The van der Waals surface area contributed by atoms with Crippen LogP contribution < -0.4 is 14.7 Å². The van der Waals surface area contributed by atoms with E-state index in [0.29, 0.717) is 95.8 Å². The molecule has 4 saturated heterocycles. The molecular formula is C63H75N15O7S3. The molecule has 0 unspecified atom stereocenters. The lowest BCUT2D eigenvalue weighted by Crippen LogP contribution is -2.49. The number of piperazine rings is 3. The Balaban J connectivity index is 0.000000122. The van der Waals surface area contributed by atoms with Gasteiger partial charge in [-0.25, -0.2) is 25.3 Å². The van der Waals surface area contributed by atoms with Gasteiger partial charge in [-0.15, -0.1) is 0 Å². The first-order valence-electron chi connectivity index (χ1n) is 29.9. The number of nitrogens with zero attached hydrogens (tertiary/aromatic N) is 11. The molecule has 0 spiro atoms. The first-order chi connectivity index (χ1) is 42.7. The van der Waals surface area contributed by atoms with Crippen LogP contribution in [0.2, 0.25) is 0 Å². The second-order valence-electron chi connectivity index (χ2n) is 22.3. The fraction of sp³-hybridized carbons (Fsp3) is 0.349. The molecule has 4 aliphatic heterocycles. The lowest BCUT2D eigenvalue weighted by atomic mass is 9.87. The Kier molecular flexibility index (Phi) is 19.2. The number of carbonyl (C=O) groups is 1. The number of hydrogen-bond donors (Lipinski definition) is 4. The van der Waals surface area contributed by atoms with Crippen LogP contribution in [0.1, 0.15) is 50.2 Å². The molecule has 25 heteroatoms. The minimum absolute atomic E-state index is 0.0607. The average molecular weight is 1250 g/mol. The Labute approximate surface area is 513 Å². The molecule has 22 nitrogen and oxygen atoms in total. The van der Waals surface area contributed by atoms with E-state index in [1.165, 1.54) is 10.9 Å². The maximum atomic E-state index is 12.7. The van der Waals surface area contributed by atoms with Crippen LogP contribution in [0.4, 0.5) is 17.1 Å².